The number of hydrogen-bond acceptors (Lipinski definition) is 4. The molecule has 0 heterocycles. The van der Waals surface area contributed by atoms with E-state index in [1.54, 1.807) is 0 Å². The lowest BCUT2D eigenvalue weighted by Crippen LogP contribution is -2.21. The largest absolute Gasteiger partial charge is 0.550 e. The van der Waals surface area contributed by atoms with Gasteiger partial charge in [-0.15, -0.1) is 0 Å². The van der Waals surface area contributed by atoms with Crippen LogP contribution in [0.5, 0.6) is 0 Å². The molecule has 0 N–H and O–H groups in total. The Morgan fingerprint density at radius 3 is 2.50 bits per heavy atom. The van der Waals surface area contributed by atoms with Crippen LogP contribution < -0.4 is 5.11 Å². The van der Waals surface area contributed by atoms with Crippen LogP contribution in [-0.2, 0) is 14.3 Å². The molecule has 0 spiro atoms. The highest BCUT2D eigenvalue weighted by Gasteiger charge is 1.97. The van der Waals surface area contributed by atoms with Gasteiger partial charge in [0.1, 0.15) is 0 Å². The fourth-order valence-corrected chi connectivity index (χ4v) is 0.816. The molecule has 0 atom stereocenters. The molecule has 0 saturated heterocycles. The summed E-state index contributed by atoms with van der Waals surface area (Å²) in [5, 5.41) is 9.93. The van der Waals surface area contributed by atoms with Crippen LogP contribution in [0.1, 0.15) is 19.3 Å². The number of hydrogen-bond donors (Lipinski definition) is 0. The molecular weight excluding hydrogens is 275 g/mol. The van der Waals surface area contributed by atoms with Crippen LogP contribution in [-0.4, -0.2) is 23.0 Å². The van der Waals surface area contributed by atoms with Crippen molar-refractivity contribution in [1.82, 2.24) is 0 Å². The summed E-state index contributed by atoms with van der Waals surface area (Å²) in [4.78, 5) is 20.5. The normalized spacial score (nSPS) is 9.42. The standard InChI is InChI=1S/C7H11IO4/c8-5-7(11)12-4-2-1-3-6(9)10/h1-5H2,(H,9,10)/p-1. The predicted octanol–water partition coefficient (Wildman–Crippen LogP) is -0.115. The van der Waals surface area contributed by atoms with Gasteiger partial charge in [0, 0.05) is 5.97 Å². The highest BCUT2D eigenvalue weighted by molar-refractivity contribution is 14.1. The number of carbonyl (C=O) groups is 2. The van der Waals surface area contributed by atoms with Crippen molar-refractivity contribution in [1.29, 1.82) is 0 Å². The maximum Gasteiger partial charge on any atom is 0.315 e. The number of unbranched alkanes of at least 4 members (excludes halogenated alkanes) is 1. The van der Waals surface area contributed by atoms with Gasteiger partial charge in [-0.1, -0.05) is 22.6 Å². The molecule has 5 heteroatoms. The van der Waals surface area contributed by atoms with Crippen molar-refractivity contribution in [3.8, 4) is 0 Å². The Bertz CT molecular complexity index is 157. The minimum atomic E-state index is -1.06. The zero-order valence-electron chi connectivity index (χ0n) is 6.55. The molecular formula is C7H10IO4-. The van der Waals surface area contributed by atoms with Gasteiger partial charge in [-0.25, -0.2) is 0 Å². The van der Waals surface area contributed by atoms with Crippen molar-refractivity contribution in [3.05, 3.63) is 0 Å². The van der Waals surface area contributed by atoms with Gasteiger partial charge >= 0.3 is 5.97 Å². The third-order valence-electron chi connectivity index (χ3n) is 1.15. The Hall–Kier alpha value is -0.330. The first-order valence-electron chi connectivity index (χ1n) is 3.58. The Kier molecular flexibility index (Phi) is 7.12. The minimum Gasteiger partial charge on any atom is -0.550 e. The summed E-state index contributed by atoms with van der Waals surface area (Å²) in [6.45, 7) is 0.301. The molecule has 0 amide bonds. The molecule has 0 radical (unpaired) electrons. The molecule has 0 fully saturated rings. The van der Waals surface area contributed by atoms with E-state index in [0.717, 1.165) is 0 Å². The first kappa shape index (κ1) is 11.7. The lowest BCUT2D eigenvalue weighted by Gasteiger charge is -2.02. The molecule has 0 aliphatic heterocycles. The monoisotopic (exact) mass is 285 g/mol. The average Bonchev–Trinajstić information content (AvgIpc) is 2.03. The number of carboxylic acids is 1. The van der Waals surface area contributed by atoms with Crippen molar-refractivity contribution in [3.63, 3.8) is 0 Å². The van der Waals surface area contributed by atoms with E-state index in [2.05, 4.69) is 0 Å². The van der Waals surface area contributed by atoms with Gasteiger partial charge in [0.25, 0.3) is 0 Å². The molecule has 0 aromatic carbocycles. The molecule has 70 valence electrons. The number of aliphatic carboxylic acids is 1. The van der Waals surface area contributed by atoms with Crippen LogP contribution in [0.3, 0.4) is 0 Å². The molecule has 0 aliphatic rings. The molecule has 0 saturated carbocycles. The number of carbonyl (C=O) groups excluding carboxylic acids is 2. The summed E-state index contributed by atoms with van der Waals surface area (Å²) in [5.74, 6) is -1.32. The quantitative estimate of drug-likeness (QED) is 0.295. The zero-order chi connectivity index (χ0) is 9.40. The van der Waals surface area contributed by atoms with Crippen molar-refractivity contribution in [2.45, 2.75) is 19.3 Å². The van der Waals surface area contributed by atoms with E-state index < -0.39 is 5.97 Å². The Morgan fingerprint density at radius 2 is 2.00 bits per heavy atom. The predicted molar refractivity (Wildman–Crippen MR) is 48.7 cm³/mol. The molecule has 0 aromatic heterocycles. The Balaban J connectivity index is 3.11. The van der Waals surface area contributed by atoms with Gasteiger partial charge in [0.2, 0.25) is 0 Å². The van der Waals surface area contributed by atoms with E-state index in [1.165, 1.54) is 0 Å². The first-order chi connectivity index (χ1) is 5.66. The number of esters is 1. The van der Waals surface area contributed by atoms with Crippen molar-refractivity contribution >= 4 is 34.5 Å². The Morgan fingerprint density at radius 1 is 1.33 bits per heavy atom. The van der Waals surface area contributed by atoms with Gasteiger partial charge in [-0.3, -0.25) is 4.79 Å². The van der Waals surface area contributed by atoms with Crippen molar-refractivity contribution in [2.75, 3.05) is 11.0 Å². The highest BCUT2D eigenvalue weighted by atomic mass is 127. The molecule has 0 bridgehead atoms. The second-order valence-electron chi connectivity index (χ2n) is 2.18. The van der Waals surface area contributed by atoms with Crippen LogP contribution in [0, 0.1) is 0 Å². The number of ether oxygens (including phenoxy) is 1. The van der Waals surface area contributed by atoms with E-state index in [1.807, 2.05) is 22.6 Å². The average molecular weight is 285 g/mol. The molecule has 4 nitrogen and oxygen atoms in total. The Labute approximate surface area is 84.4 Å². The summed E-state index contributed by atoms with van der Waals surface area (Å²) >= 11 is 1.91. The lowest BCUT2D eigenvalue weighted by molar-refractivity contribution is -0.305. The second-order valence-corrected chi connectivity index (χ2v) is 2.95. The van der Waals surface area contributed by atoms with Gasteiger partial charge in [0.05, 0.1) is 11.0 Å². The number of alkyl halides is 1. The number of halogens is 1. The fourth-order valence-electron chi connectivity index (χ4n) is 0.596. The molecule has 0 rings (SSSR count). The topological polar surface area (TPSA) is 66.4 Å². The third kappa shape index (κ3) is 7.77. The summed E-state index contributed by atoms with van der Waals surface area (Å²) < 4.78 is 5.04. The van der Waals surface area contributed by atoms with E-state index >= 15 is 0 Å². The molecule has 0 aliphatic carbocycles. The first-order valence-corrected chi connectivity index (χ1v) is 5.11. The van der Waals surface area contributed by atoms with Crippen LogP contribution in [0.2, 0.25) is 0 Å². The molecule has 0 aromatic rings. The van der Waals surface area contributed by atoms with Crippen molar-refractivity contribution in [2.24, 2.45) is 0 Å². The maximum absolute atomic E-state index is 10.6. The van der Waals surface area contributed by atoms with Crippen molar-refractivity contribution < 1.29 is 19.4 Å². The van der Waals surface area contributed by atoms with E-state index in [-0.39, 0.29) is 12.4 Å². The fraction of sp³-hybridized carbons (Fsp3) is 0.714. The minimum absolute atomic E-state index is 0.0295. The second kappa shape index (κ2) is 7.33. The van der Waals surface area contributed by atoms with Gasteiger partial charge in [-0.05, 0) is 19.3 Å². The zero-order valence-corrected chi connectivity index (χ0v) is 8.70. The van der Waals surface area contributed by atoms with E-state index in [0.29, 0.717) is 23.9 Å². The number of rotatable bonds is 6. The van der Waals surface area contributed by atoms with E-state index in [4.69, 9.17) is 4.74 Å². The molecule has 0 unspecified atom stereocenters. The summed E-state index contributed by atoms with van der Waals surface area (Å²) in [5.41, 5.74) is 0. The SMILES string of the molecule is O=C([O-])CCCCOC(=O)CI. The summed E-state index contributed by atoms with van der Waals surface area (Å²) in [7, 11) is 0. The van der Waals surface area contributed by atoms with Gasteiger partial charge in [0.15, 0.2) is 0 Å². The van der Waals surface area contributed by atoms with Crippen LogP contribution in [0.4, 0.5) is 0 Å². The van der Waals surface area contributed by atoms with Gasteiger partial charge in [-0.2, -0.15) is 0 Å². The highest BCUT2D eigenvalue weighted by Crippen LogP contribution is 1.95. The molecule has 12 heavy (non-hydrogen) atoms. The van der Waals surface area contributed by atoms with E-state index in [9.17, 15) is 14.7 Å². The van der Waals surface area contributed by atoms with Crippen LogP contribution >= 0.6 is 22.6 Å². The van der Waals surface area contributed by atoms with Crippen LogP contribution in [0.25, 0.3) is 0 Å². The van der Waals surface area contributed by atoms with Gasteiger partial charge < -0.3 is 14.6 Å². The lowest BCUT2D eigenvalue weighted by atomic mass is 10.2. The summed E-state index contributed by atoms with van der Waals surface area (Å²) in [6.07, 6.45) is 1.11. The smallest absolute Gasteiger partial charge is 0.315 e. The maximum atomic E-state index is 10.6. The van der Waals surface area contributed by atoms with Crippen LogP contribution in [0.15, 0.2) is 0 Å². The summed E-state index contributed by atoms with van der Waals surface area (Å²) in [6, 6.07) is 0. The number of carboxylic acid groups (broad SMARTS) is 1. The third-order valence-corrected chi connectivity index (χ3v) is 1.77.